The third kappa shape index (κ3) is 2.60. The summed E-state index contributed by atoms with van der Waals surface area (Å²) in [5, 5.41) is 12.8. The summed E-state index contributed by atoms with van der Waals surface area (Å²) in [4.78, 5) is 18.1. The number of nitrogens with two attached hydrogens (primary N) is 1. The summed E-state index contributed by atoms with van der Waals surface area (Å²) in [6.45, 7) is 2.34. The van der Waals surface area contributed by atoms with Crippen molar-refractivity contribution in [3.05, 3.63) is 28.8 Å². The molecule has 2 aromatic rings. The molecule has 0 fully saturated rings. The zero-order valence-corrected chi connectivity index (χ0v) is 10.1. The van der Waals surface area contributed by atoms with Crippen LogP contribution in [0.3, 0.4) is 0 Å². The Bertz CT molecular complexity index is 607. The number of benzene rings is 1. The van der Waals surface area contributed by atoms with E-state index in [1.807, 2.05) is 0 Å². The highest BCUT2D eigenvalue weighted by atomic mass is 16.3. The van der Waals surface area contributed by atoms with Crippen molar-refractivity contribution < 1.29 is 5.11 Å². The summed E-state index contributed by atoms with van der Waals surface area (Å²) in [5.74, 6) is 0. The average Bonchev–Trinajstić information content (AvgIpc) is 2.31. The maximum absolute atomic E-state index is 11.5. The molecule has 18 heavy (non-hydrogen) atoms. The highest BCUT2D eigenvalue weighted by Gasteiger charge is 2.05. The van der Waals surface area contributed by atoms with E-state index in [2.05, 4.69) is 15.3 Å². The highest BCUT2D eigenvalue weighted by molar-refractivity contribution is 5.88. The maximum Gasteiger partial charge on any atom is 0.258 e. The Hall–Kier alpha value is -2.08. The van der Waals surface area contributed by atoms with E-state index in [1.54, 1.807) is 19.1 Å². The predicted octanol–water partition coefficient (Wildman–Crippen LogP) is 0.688. The van der Waals surface area contributed by atoms with Gasteiger partial charge in [0.25, 0.3) is 5.56 Å². The van der Waals surface area contributed by atoms with Crippen LogP contribution in [-0.2, 0) is 0 Å². The number of hydrogen-bond acceptors (Lipinski definition) is 5. The molecule has 0 radical (unpaired) electrons. The quantitative estimate of drug-likeness (QED) is 0.596. The molecule has 1 aromatic carbocycles. The number of anilines is 2. The van der Waals surface area contributed by atoms with Crippen LogP contribution < -0.4 is 16.6 Å². The van der Waals surface area contributed by atoms with Crippen molar-refractivity contribution in [1.29, 1.82) is 0 Å². The van der Waals surface area contributed by atoms with Crippen LogP contribution in [0.15, 0.2) is 23.3 Å². The molecule has 1 heterocycles. The van der Waals surface area contributed by atoms with E-state index in [0.29, 0.717) is 29.6 Å². The molecule has 0 aliphatic rings. The zero-order valence-electron chi connectivity index (χ0n) is 10.1. The van der Waals surface area contributed by atoms with Crippen molar-refractivity contribution in [2.24, 2.45) is 0 Å². The van der Waals surface area contributed by atoms with Gasteiger partial charge in [-0.2, -0.15) is 0 Å². The van der Waals surface area contributed by atoms with Crippen LogP contribution in [0, 0.1) is 0 Å². The Morgan fingerprint density at radius 2 is 2.33 bits per heavy atom. The lowest BCUT2D eigenvalue weighted by Gasteiger charge is -2.11. The van der Waals surface area contributed by atoms with Gasteiger partial charge >= 0.3 is 0 Å². The van der Waals surface area contributed by atoms with Crippen LogP contribution in [0.1, 0.15) is 13.3 Å². The van der Waals surface area contributed by atoms with Gasteiger partial charge in [-0.3, -0.25) is 4.79 Å². The lowest BCUT2D eigenvalue weighted by molar-refractivity contribution is 0.189. The number of rotatable bonds is 4. The monoisotopic (exact) mass is 248 g/mol. The van der Waals surface area contributed by atoms with Crippen LogP contribution in [0.2, 0.25) is 0 Å². The Morgan fingerprint density at radius 1 is 1.56 bits per heavy atom. The molecular weight excluding hydrogens is 232 g/mol. The molecule has 96 valence electrons. The van der Waals surface area contributed by atoms with Gasteiger partial charge in [0.1, 0.15) is 0 Å². The number of nitrogens with one attached hydrogen (secondary N) is 2. The maximum atomic E-state index is 11.5. The van der Waals surface area contributed by atoms with Gasteiger partial charge in [0, 0.05) is 6.54 Å². The Labute approximate surface area is 104 Å². The fourth-order valence-electron chi connectivity index (χ4n) is 1.70. The number of nitrogen functional groups attached to an aromatic ring is 1. The van der Waals surface area contributed by atoms with E-state index in [4.69, 9.17) is 5.73 Å². The molecule has 6 heteroatoms. The number of aliphatic hydroxyl groups is 1. The van der Waals surface area contributed by atoms with Crippen LogP contribution >= 0.6 is 0 Å². The summed E-state index contributed by atoms with van der Waals surface area (Å²) in [7, 11) is 0. The second kappa shape index (κ2) is 5.05. The third-order valence-corrected chi connectivity index (χ3v) is 2.69. The minimum atomic E-state index is -0.361. The molecule has 0 spiro atoms. The molecule has 5 N–H and O–H groups in total. The molecule has 1 aromatic heterocycles. The second-order valence-corrected chi connectivity index (χ2v) is 4.25. The zero-order chi connectivity index (χ0) is 13.1. The van der Waals surface area contributed by atoms with E-state index >= 15 is 0 Å². The average molecular weight is 248 g/mol. The highest BCUT2D eigenvalue weighted by Crippen LogP contribution is 2.22. The molecule has 0 aliphatic heterocycles. The van der Waals surface area contributed by atoms with Crippen molar-refractivity contribution in [3.8, 4) is 0 Å². The van der Waals surface area contributed by atoms with Gasteiger partial charge in [0.05, 0.1) is 34.7 Å². The van der Waals surface area contributed by atoms with Crippen molar-refractivity contribution in [1.82, 2.24) is 9.97 Å². The molecular formula is C12H16N4O2. The standard InChI is InChI=1S/C12H16N4O2/c1-7(17)2-3-14-11-5-10-8(4-9(11)13)12(18)16-6-15-10/h4-7,14,17H,2-3,13H2,1H3,(H,15,16,18)/t7-/m0/s1. The number of aromatic amines is 1. The number of aliphatic hydroxyl groups excluding tert-OH is 1. The van der Waals surface area contributed by atoms with Crippen LogP contribution in [-0.4, -0.2) is 27.7 Å². The summed E-state index contributed by atoms with van der Waals surface area (Å²) in [6, 6.07) is 3.34. The van der Waals surface area contributed by atoms with E-state index in [0.717, 1.165) is 5.69 Å². The molecule has 0 aliphatic carbocycles. The lowest BCUT2D eigenvalue weighted by atomic mass is 10.2. The van der Waals surface area contributed by atoms with Gasteiger partial charge in [-0.1, -0.05) is 0 Å². The second-order valence-electron chi connectivity index (χ2n) is 4.25. The summed E-state index contributed by atoms with van der Waals surface area (Å²) >= 11 is 0. The topological polar surface area (TPSA) is 104 Å². The summed E-state index contributed by atoms with van der Waals surface area (Å²) in [6.07, 6.45) is 1.63. The predicted molar refractivity (Wildman–Crippen MR) is 71.6 cm³/mol. The Morgan fingerprint density at radius 3 is 3.06 bits per heavy atom. The largest absolute Gasteiger partial charge is 0.397 e. The normalized spacial score (nSPS) is 12.6. The summed E-state index contributed by atoms with van der Waals surface area (Å²) in [5.41, 5.74) is 7.47. The van der Waals surface area contributed by atoms with E-state index in [-0.39, 0.29) is 11.7 Å². The van der Waals surface area contributed by atoms with Gasteiger partial charge in [0.15, 0.2) is 0 Å². The van der Waals surface area contributed by atoms with E-state index < -0.39 is 0 Å². The smallest absolute Gasteiger partial charge is 0.258 e. The molecule has 6 nitrogen and oxygen atoms in total. The number of hydrogen-bond donors (Lipinski definition) is 4. The molecule has 0 unspecified atom stereocenters. The minimum absolute atomic E-state index is 0.206. The Balaban J connectivity index is 2.29. The SMILES string of the molecule is C[C@H](O)CCNc1cc2nc[nH]c(=O)c2cc1N. The molecule has 0 amide bonds. The van der Waals surface area contributed by atoms with Crippen LogP contribution in [0.25, 0.3) is 10.9 Å². The first-order valence-corrected chi connectivity index (χ1v) is 5.77. The summed E-state index contributed by atoms with van der Waals surface area (Å²) < 4.78 is 0. The van der Waals surface area contributed by atoms with Crippen molar-refractivity contribution in [2.45, 2.75) is 19.4 Å². The molecule has 1 atom stereocenters. The lowest BCUT2D eigenvalue weighted by Crippen LogP contribution is -2.12. The molecule has 0 saturated carbocycles. The van der Waals surface area contributed by atoms with Gasteiger partial charge in [-0.25, -0.2) is 4.98 Å². The number of H-pyrrole nitrogens is 1. The van der Waals surface area contributed by atoms with E-state index in [9.17, 15) is 9.90 Å². The fourth-order valence-corrected chi connectivity index (χ4v) is 1.70. The first kappa shape index (κ1) is 12.4. The van der Waals surface area contributed by atoms with Gasteiger partial charge in [0.2, 0.25) is 0 Å². The molecule has 2 rings (SSSR count). The van der Waals surface area contributed by atoms with Crippen LogP contribution in [0.4, 0.5) is 11.4 Å². The molecule has 0 saturated heterocycles. The number of nitrogens with zero attached hydrogens (tertiary/aromatic N) is 1. The van der Waals surface area contributed by atoms with E-state index in [1.165, 1.54) is 6.33 Å². The fraction of sp³-hybridized carbons (Fsp3) is 0.333. The number of fused-ring (bicyclic) bond motifs is 1. The Kier molecular flexibility index (Phi) is 3.47. The van der Waals surface area contributed by atoms with Crippen LogP contribution in [0.5, 0.6) is 0 Å². The van der Waals surface area contributed by atoms with Crippen molar-refractivity contribution >= 4 is 22.3 Å². The first-order chi connectivity index (χ1) is 8.58. The van der Waals surface area contributed by atoms with Crippen molar-refractivity contribution in [3.63, 3.8) is 0 Å². The van der Waals surface area contributed by atoms with Gasteiger partial charge in [-0.05, 0) is 25.5 Å². The molecule has 0 bridgehead atoms. The van der Waals surface area contributed by atoms with Gasteiger partial charge in [-0.15, -0.1) is 0 Å². The van der Waals surface area contributed by atoms with Crippen molar-refractivity contribution in [2.75, 3.05) is 17.6 Å². The minimum Gasteiger partial charge on any atom is -0.397 e. The third-order valence-electron chi connectivity index (χ3n) is 2.69. The first-order valence-electron chi connectivity index (χ1n) is 5.77. The number of aromatic nitrogens is 2. The van der Waals surface area contributed by atoms with Gasteiger partial charge < -0.3 is 21.1 Å².